The van der Waals surface area contributed by atoms with Gasteiger partial charge in [0.1, 0.15) is 0 Å². The standard InChI is InChI=1S/C32H27NO/c1-2-29-27-19-24-17-16-23(21-10-5-3-6-11-21)18-26(24)28(20-34)31(22-12-7-4-8-13-22)25-14-9-15-30(33-29)32(25)27/h3-12,14-18,20,22,27H,2,13,19H2,1H3. The number of aliphatic imine (C=N–C) groups is 1. The number of benzene rings is 3. The second-order valence-electron chi connectivity index (χ2n) is 9.29. The molecular weight excluding hydrogens is 414 g/mol. The van der Waals surface area contributed by atoms with Crippen molar-refractivity contribution in [2.75, 3.05) is 0 Å². The Hall–Kier alpha value is -3.78. The Morgan fingerprint density at radius 3 is 2.59 bits per heavy atom. The van der Waals surface area contributed by atoms with Gasteiger partial charge < -0.3 is 0 Å². The molecule has 6 rings (SSSR count). The van der Waals surface area contributed by atoms with E-state index in [1.165, 1.54) is 28.0 Å². The maximum absolute atomic E-state index is 12.9. The Morgan fingerprint density at radius 1 is 0.941 bits per heavy atom. The van der Waals surface area contributed by atoms with Crippen molar-refractivity contribution in [1.82, 2.24) is 0 Å². The molecule has 0 bridgehead atoms. The monoisotopic (exact) mass is 441 g/mol. The maximum atomic E-state index is 12.9. The predicted molar refractivity (Wildman–Crippen MR) is 141 cm³/mol. The third kappa shape index (κ3) is 3.33. The number of hydrogen-bond donors (Lipinski definition) is 0. The van der Waals surface area contributed by atoms with Crippen molar-refractivity contribution >= 4 is 28.8 Å². The molecular formula is C32H27NO. The van der Waals surface area contributed by atoms with Crippen LogP contribution in [0.1, 0.15) is 47.9 Å². The normalized spacial score (nSPS) is 20.3. The molecule has 0 saturated carbocycles. The minimum atomic E-state index is 0.161. The van der Waals surface area contributed by atoms with E-state index in [1.807, 2.05) is 6.07 Å². The largest absolute Gasteiger partial charge is 0.298 e. The van der Waals surface area contributed by atoms with Crippen molar-refractivity contribution in [3.63, 3.8) is 0 Å². The molecule has 2 unspecified atom stereocenters. The van der Waals surface area contributed by atoms with Gasteiger partial charge in [0.2, 0.25) is 0 Å². The van der Waals surface area contributed by atoms with Crippen molar-refractivity contribution in [3.05, 3.63) is 113 Å². The van der Waals surface area contributed by atoms with Gasteiger partial charge in [-0.15, -0.1) is 0 Å². The number of fused-ring (bicyclic) bond motifs is 1. The van der Waals surface area contributed by atoms with Gasteiger partial charge in [-0.05, 0) is 70.3 Å². The lowest BCUT2D eigenvalue weighted by molar-refractivity contribution is -0.103. The van der Waals surface area contributed by atoms with Crippen molar-refractivity contribution < 1.29 is 4.79 Å². The highest BCUT2D eigenvalue weighted by atomic mass is 16.1. The van der Waals surface area contributed by atoms with E-state index in [2.05, 4.69) is 91.9 Å². The van der Waals surface area contributed by atoms with Crippen molar-refractivity contribution in [2.24, 2.45) is 10.9 Å². The Kier molecular flexibility index (Phi) is 5.22. The molecule has 0 spiro atoms. The van der Waals surface area contributed by atoms with E-state index in [9.17, 15) is 4.79 Å². The van der Waals surface area contributed by atoms with Crippen LogP contribution in [0.2, 0.25) is 0 Å². The topological polar surface area (TPSA) is 29.4 Å². The van der Waals surface area contributed by atoms with Crippen LogP contribution in [0.5, 0.6) is 0 Å². The molecule has 3 aliphatic rings. The summed E-state index contributed by atoms with van der Waals surface area (Å²) in [5.74, 6) is 0.415. The van der Waals surface area contributed by atoms with Gasteiger partial charge in [0.05, 0.1) is 5.69 Å². The first-order valence-corrected chi connectivity index (χ1v) is 12.2. The van der Waals surface area contributed by atoms with Crippen molar-refractivity contribution in [2.45, 2.75) is 32.1 Å². The molecule has 3 aromatic rings. The number of hydrogen-bond acceptors (Lipinski definition) is 2. The van der Waals surface area contributed by atoms with Crippen LogP contribution in [0.3, 0.4) is 0 Å². The quantitative estimate of drug-likeness (QED) is 0.381. The van der Waals surface area contributed by atoms with E-state index in [1.54, 1.807) is 0 Å². The number of carbonyl (C=O) groups is 1. The third-order valence-electron chi connectivity index (χ3n) is 7.44. The first-order valence-electron chi connectivity index (χ1n) is 12.2. The van der Waals surface area contributed by atoms with E-state index >= 15 is 0 Å². The Balaban J connectivity index is 1.66. The zero-order chi connectivity index (χ0) is 23.1. The van der Waals surface area contributed by atoms with Crippen LogP contribution in [0.15, 0.2) is 96.0 Å². The molecule has 0 fully saturated rings. The molecule has 0 radical (unpaired) electrons. The van der Waals surface area contributed by atoms with Crippen molar-refractivity contribution in [1.29, 1.82) is 0 Å². The van der Waals surface area contributed by atoms with E-state index in [-0.39, 0.29) is 11.8 Å². The van der Waals surface area contributed by atoms with E-state index in [4.69, 9.17) is 4.99 Å². The zero-order valence-electron chi connectivity index (χ0n) is 19.4. The highest BCUT2D eigenvalue weighted by molar-refractivity contribution is 6.20. The molecule has 166 valence electrons. The number of allylic oxidation sites excluding steroid dienone is 6. The molecule has 2 atom stereocenters. The van der Waals surface area contributed by atoms with Crippen LogP contribution in [0.25, 0.3) is 22.3 Å². The highest BCUT2D eigenvalue weighted by Crippen LogP contribution is 2.49. The minimum Gasteiger partial charge on any atom is -0.298 e. The van der Waals surface area contributed by atoms with Gasteiger partial charge in [0, 0.05) is 23.1 Å². The van der Waals surface area contributed by atoms with Crippen LogP contribution in [-0.2, 0) is 11.2 Å². The Morgan fingerprint density at radius 2 is 1.82 bits per heavy atom. The summed E-state index contributed by atoms with van der Waals surface area (Å²) < 4.78 is 0. The fourth-order valence-corrected chi connectivity index (χ4v) is 5.84. The highest BCUT2D eigenvalue weighted by Gasteiger charge is 2.35. The van der Waals surface area contributed by atoms with Gasteiger partial charge in [-0.1, -0.05) is 85.8 Å². The Bertz CT molecular complexity index is 1400. The van der Waals surface area contributed by atoms with Crippen LogP contribution in [0.4, 0.5) is 5.69 Å². The van der Waals surface area contributed by atoms with E-state index in [0.29, 0.717) is 0 Å². The van der Waals surface area contributed by atoms with Gasteiger partial charge >= 0.3 is 0 Å². The minimum absolute atomic E-state index is 0.161. The predicted octanol–water partition coefficient (Wildman–Crippen LogP) is 7.73. The summed E-state index contributed by atoms with van der Waals surface area (Å²) in [6.07, 6.45) is 12.4. The molecule has 2 nitrogen and oxygen atoms in total. The lowest BCUT2D eigenvalue weighted by Gasteiger charge is -2.29. The molecule has 2 aliphatic carbocycles. The fourth-order valence-electron chi connectivity index (χ4n) is 5.84. The van der Waals surface area contributed by atoms with Crippen LogP contribution in [-0.4, -0.2) is 12.0 Å². The summed E-state index contributed by atoms with van der Waals surface area (Å²) in [5, 5.41) is 0. The Labute approximate surface area is 201 Å². The van der Waals surface area contributed by atoms with E-state index in [0.717, 1.165) is 53.5 Å². The lowest BCUT2D eigenvalue weighted by Crippen LogP contribution is -2.18. The maximum Gasteiger partial charge on any atom is 0.150 e. The van der Waals surface area contributed by atoms with Gasteiger partial charge in [-0.2, -0.15) is 0 Å². The van der Waals surface area contributed by atoms with Gasteiger partial charge in [0.15, 0.2) is 6.29 Å². The molecule has 0 saturated heterocycles. The number of aldehydes is 1. The van der Waals surface area contributed by atoms with Crippen LogP contribution < -0.4 is 0 Å². The van der Waals surface area contributed by atoms with Crippen LogP contribution in [0, 0.1) is 5.92 Å². The van der Waals surface area contributed by atoms with Gasteiger partial charge in [-0.25, -0.2) is 0 Å². The summed E-state index contributed by atoms with van der Waals surface area (Å²) in [7, 11) is 0. The molecule has 3 aromatic carbocycles. The van der Waals surface area contributed by atoms with E-state index < -0.39 is 0 Å². The molecule has 0 amide bonds. The molecule has 1 aliphatic heterocycles. The summed E-state index contributed by atoms with van der Waals surface area (Å²) in [6, 6.07) is 23.5. The molecule has 1 heterocycles. The average molecular weight is 442 g/mol. The third-order valence-corrected chi connectivity index (χ3v) is 7.44. The summed E-state index contributed by atoms with van der Waals surface area (Å²) in [6.45, 7) is 2.20. The van der Waals surface area contributed by atoms with Gasteiger partial charge in [-0.3, -0.25) is 9.79 Å². The molecule has 34 heavy (non-hydrogen) atoms. The second-order valence-corrected chi connectivity index (χ2v) is 9.29. The van der Waals surface area contributed by atoms with Gasteiger partial charge in [0.25, 0.3) is 0 Å². The van der Waals surface area contributed by atoms with Crippen LogP contribution >= 0.6 is 0 Å². The number of rotatable bonds is 4. The first-order chi connectivity index (χ1) is 16.8. The number of nitrogens with zero attached hydrogens (tertiary/aromatic N) is 1. The van der Waals surface area contributed by atoms with Crippen molar-refractivity contribution in [3.8, 4) is 11.1 Å². The zero-order valence-corrected chi connectivity index (χ0v) is 19.4. The summed E-state index contributed by atoms with van der Waals surface area (Å²) >= 11 is 0. The molecule has 0 N–H and O–H groups in total. The molecule has 0 aromatic heterocycles. The lowest BCUT2D eigenvalue weighted by atomic mass is 9.73. The fraction of sp³-hybridized carbons (Fsp3) is 0.188. The number of carbonyl (C=O) groups excluding carboxylic acids is 1. The average Bonchev–Trinajstić information content (AvgIpc) is 3.25. The second kappa shape index (κ2) is 8.53. The summed E-state index contributed by atoms with van der Waals surface area (Å²) in [5.41, 5.74) is 11.4. The SMILES string of the molecule is CCC1=Nc2cccc3c2C1Cc1ccc(-c2ccccc2)cc1C(C=O)=C3C1C=CC=CC1. The molecule has 2 heteroatoms. The summed E-state index contributed by atoms with van der Waals surface area (Å²) in [4.78, 5) is 17.9. The first kappa shape index (κ1) is 20.8. The smallest absolute Gasteiger partial charge is 0.150 e.